The molecular weight excluding hydrogens is 637 g/mol. The Morgan fingerprint density at radius 2 is 1.56 bits per heavy atom. The van der Waals surface area contributed by atoms with E-state index >= 15 is 0 Å². The molecular formula is C31H31Cl2N7O4S. The fourth-order valence-electron chi connectivity index (χ4n) is 5.92. The SMILES string of the molecule is CC(C)C(=O)N1CCN(S(=O)(=O)c2cnc3n2C(C)(Cc2ccc(-c4cncnc4)cc2)C(=O)N3c2cc(Cl)cc(Cl)c2)CC1. The minimum Gasteiger partial charge on any atom is -0.340 e. The molecule has 4 heterocycles. The number of carbonyl (C=O) groups is 2. The van der Waals surface area contributed by atoms with Crippen LogP contribution in [0.25, 0.3) is 11.1 Å². The molecule has 2 amide bonds. The third kappa shape index (κ3) is 5.60. The molecule has 2 aliphatic heterocycles. The van der Waals surface area contributed by atoms with E-state index < -0.39 is 15.6 Å². The van der Waals surface area contributed by atoms with Crippen molar-refractivity contribution in [1.29, 1.82) is 0 Å². The lowest BCUT2D eigenvalue weighted by Gasteiger charge is -2.35. The second-order valence-electron chi connectivity index (χ2n) is 11.7. The topological polar surface area (TPSA) is 122 Å². The number of halogens is 2. The van der Waals surface area contributed by atoms with E-state index in [4.69, 9.17) is 23.2 Å². The molecule has 2 aromatic carbocycles. The maximum atomic E-state index is 14.4. The van der Waals surface area contributed by atoms with Gasteiger partial charge in [0.25, 0.3) is 15.9 Å². The standard InChI is InChI=1S/C31H31Cl2N7O4S/c1-20(2)28(41)37-8-10-38(11-9-37)45(43,44)27-18-36-30-39(26-13-24(32)12-25(33)14-26)29(42)31(3,40(27)30)15-21-4-6-22(7-5-21)23-16-34-19-35-17-23/h4-7,12-14,16-20H,8-11,15H2,1-3H3. The number of imidazole rings is 1. The Kier molecular flexibility index (Phi) is 8.19. The zero-order chi connectivity index (χ0) is 32.1. The highest BCUT2D eigenvalue weighted by atomic mass is 35.5. The van der Waals surface area contributed by atoms with Gasteiger partial charge in [-0.05, 0) is 36.2 Å². The first-order valence-corrected chi connectivity index (χ1v) is 16.6. The van der Waals surface area contributed by atoms with Crippen LogP contribution in [0.5, 0.6) is 0 Å². The molecule has 0 saturated carbocycles. The summed E-state index contributed by atoms with van der Waals surface area (Å²) in [6, 6.07) is 12.4. The Morgan fingerprint density at radius 3 is 2.16 bits per heavy atom. The van der Waals surface area contributed by atoms with Crippen LogP contribution >= 0.6 is 23.2 Å². The number of hydrogen-bond acceptors (Lipinski definition) is 7. The summed E-state index contributed by atoms with van der Waals surface area (Å²) in [4.78, 5) is 42.6. The van der Waals surface area contributed by atoms with Crippen molar-refractivity contribution in [2.24, 2.45) is 5.92 Å². The molecule has 1 fully saturated rings. The van der Waals surface area contributed by atoms with Crippen LogP contribution < -0.4 is 4.90 Å². The molecule has 0 bridgehead atoms. The van der Waals surface area contributed by atoms with E-state index in [-0.39, 0.29) is 61.3 Å². The largest absolute Gasteiger partial charge is 0.340 e. The van der Waals surface area contributed by atoms with Gasteiger partial charge in [-0.3, -0.25) is 14.2 Å². The van der Waals surface area contributed by atoms with Crippen molar-refractivity contribution in [2.45, 2.75) is 37.8 Å². The Labute approximate surface area is 271 Å². The molecule has 0 spiro atoms. The van der Waals surface area contributed by atoms with Gasteiger partial charge in [0, 0.05) is 66.5 Å². The first kappa shape index (κ1) is 31.2. The molecule has 0 N–H and O–H groups in total. The van der Waals surface area contributed by atoms with Crippen LogP contribution in [-0.2, 0) is 31.6 Å². The Bertz CT molecular complexity index is 1860. The molecule has 14 heteroatoms. The van der Waals surface area contributed by atoms with Gasteiger partial charge >= 0.3 is 0 Å². The van der Waals surface area contributed by atoms with E-state index in [2.05, 4.69) is 15.0 Å². The van der Waals surface area contributed by atoms with Crippen molar-refractivity contribution in [3.05, 3.63) is 83.0 Å². The summed E-state index contributed by atoms with van der Waals surface area (Å²) in [7, 11) is -4.11. The number of carbonyl (C=O) groups excluding carboxylic acids is 2. The Balaban J connectivity index is 1.40. The van der Waals surface area contributed by atoms with E-state index in [1.807, 2.05) is 38.1 Å². The van der Waals surface area contributed by atoms with Crippen molar-refractivity contribution in [3.8, 4) is 11.1 Å². The molecule has 1 atom stereocenters. The first-order chi connectivity index (χ1) is 21.4. The van der Waals surface area contributed by atoms with Gasteiger partial charge in [-0.15, -0.1) is 0 Å². The average Bonchev–Trinajstić information content (AvgIpc) is 3.55. The number of aromatic nitrogens is 4. The molecule has 2 aliphatic rings. The summed E-state index contributed by atoms with van der Waals surface area (Å²) in [6.45, 7) is 6.17. The average molecular weight is 669 g/mol. The van der Waals surface area contributed by atoms with Gasteiger partial charge in [-0.1, -0.05) is 61.3 Å². The van der Waals surface area contributed by atoms with Crippen LogP contribution in [0.15, 0.2) is 72.4 Å². The molecule has 2 aromatic heterocycles. The number of hydrogen-bond donors (Lipinski definition) is 0. The number of piperazine rings is 1. The van der Waals surface area contributed by atoms with E-state index in [0.29, 0.717) is 15.7 Å². The van der Waals surface area contributed by atoms with Gasteiger partial charge in [-0.2, -0.15) is 4.31 Å². The number of sulfonamides is 1. The fourth-order valence-corrected chi connectivity index (χ4v) is 8.04. The number of fused-ring (bicyclic) bond motifs is 1. The monoisotopic (exact) mass is 667 g/mol. The molecule has 0 aliphatic carbocycles. The molecule has 6 rings (SSSR count). The van der Waals surface area contributed by atoms with Gasteiger partial charge in [-0.25, -0.2) is 28.3 Å². The first-order valence-electron chi connectivity index (χ1n) is 14.4. The second kappa shape index (κ2) is 11.8. The predicted octanol–water partition coefficient (Wildman–Crippen LogP) is 4.77. The Morgan fingerprint density at radius 1 is 0.933 bits per heavy atom. The summed E-state index contributed by atoms with van der Waals surface area (Å²) in [5.74, 6) is -0.435. The van der Waals surface area contributed by atoms with E-state index in [9.17, 15) is 18.0 Å². The summed E-state index contributed by atoms with van der Waals surface area (Å²) in [5, 5.41) is 0.531. The molecule has 1 saturated heterocycles. The summed E-state index contributed by atoms with van der Waals surface area (Å²) in [5.41, 5.74) is 1.55. The highest BCUT2D eigenvalue weighted by Gasteiger charge is 2.52. The van der Waals surface area contributed by atoms with Crippen molar-refractivity contribution in [3.63, 3.8) is 0 Å². The highest BCUT2D eigenvalue weighted by Crippen LogP contribution is 2.45. The third-order valence-corrected chi connectivity index (χ3v) is 10.5. The van der Waals surface area contributed by atoms with Crippen molar-refractivity contribution >= 4 is 56.7 Å². The van der Waals surface area contributed by atoms with Gasteiger partial charge in [0.2, 0.25) is 11.9 Å². The van der Waals surface area contributed by atoms with Gasteiger partial charge in [0.15, 0.2) is 5.03 Å². The van der Waals surface area contributed by atoms with Gasteiger partial charge in [0.05, 0.1) is 11.9 Å². The normalized spacial score (nSPS) is 18.9. The summed E-state index contributed by atoms with van der Waals surface area (Å²) >= 11 is 12.6. The number of rotatable bonds is 7. The zero-order valence-electron chi connectivity index (χ0n) is 24.9. The van der Waals surface area contributed by atoms with Crippen molar-refractivity contribution < 1.29 is 18.0 Å². The van der Waals surface area contributed by atoms with Crippen LogP contribution in [0.2, 0.25) is 10.0 Å². The number of anilines is 2. The van der Waals surface area contributed by atoms with Crippen LogP contribution in [0.3, 0.4) is 0 Å². The maximum absolute atomic E-state index is 14.4. The number of benzene rings is 2. The minimum absolute atomic E-state index is 0.0166. The van der Waals surface area contributed by atoms with Crippen LogP contribution in [0.1, 0.15) is 26.3 Å². The van der Waals surface area contributed by atoms with E-state index in [1.165, 1.54) is 26.3 Å². The molecule has 0 radical (unpaired) electrons. The summed E-state index contributed by atoms with van der Waals surface area (Å²) in [6.07, 6.45) is 6.35. The van der Waals surface area contributed by atoms with Gasteiger partial charge < -0.3 is 4.90 Å². The smallest absolute Gasteiger partial charge is 0.260 e. The van der Waals surface area contributed by atoms with Gasteiger partial charge in [0.1, 0.15) is 11.9 Å². The predicted molar refractivity (Wildman–Crippen MR) is 171 cm³/mol. The highest BCUT2D eigenvalue weighted by molar-refractivity contribution is 7.89. The van der Waals surface area contributed by atoms with Crippen molar-refractivity contribution in [2.75, 3.05) is 31.1 Å². The zero-order valence-corrected chi connectivity index (χ0v) is 27.2. The molecule has 1 unspecified atom stereocenters. The van der Waals surface area contributed by atoms with Crippen LogP contribution in [0, 0.1) is 5.92 Å². The molecule has 4 aromatic rings. The van der Waals surface area contributed by atoms with E-state index in [0.717, 1.165) is 16.7 Å². The minimum atomic E-state index is -4.11. The van der Waals surface area contributed by atoms with Crippen LogP contribution in [-0.4, -0.2) is 75.1 Å². The van der Waals surface area contributed by atoms with Crippen LogP contribution in [0.4, 0.5) is 11.6 Å². The number of amides is 2. The lowest BCUT2D eigenvalue weighted by atomic mass is 9.91. The quantitative estimate of drug-likeness (QED) is 0.278. The lowest BCUT2D eigenvalue weighted by molar-refractivity contribution is -0.135. The Hall–Kier alpha value is -3.84. The molecule has 11 nitrogen and oxygen atoms in total. The molecule has 234 valence electrons. The summed E-state index contributed by atoms with van der Waals surface area (Å²) < 4.78 is 31.2. The lowest BCUT2D eigenvalue weighted by Crippen LogP contribution is -2.52. The number of nitrogens with zero attached hydrogens (tertiary/aromatic N) is 7. The maximum Gasteiger partial charge on any atom is 0.260 e. The second-order valence-corrected chi connectivity index (χ2v) is 14.4. The van der Waals surface area contributed by atoms with Crippen molar-refractivity contribution in [1.82, 2.24) is 28.7 Å². The third-order valence-electron chi connectivity index (χ3n) is 8.22. The van der Waals surface area contributed by atoms with E-state index in [1.54, 1.807) is 42.4 Å². The fraction of sp³-hybridized carbons (Fsp3) is 0.323. The molecule has 45 heavy (non-hydrogen) atoms.